The summed E-state index contributed by atoms with van der Waals surface area (Å²) in [4.78, 5) is 15.5. The van der Waals surface area contributed by atoms with Crippen LogP contribution in [0, 0.1) is 6.07 Å². The van der Waals surface area contributed by atoms with Gasteiger partial charge in [-0.15, -0.1) is 0 Å². The van der Waals surface area contributed by atoms with E-state index in [1.807, 2.05) is 24.3 Å². The summed E-state index contributed by atoms with van der Waals surface area (Å²) in [6.45, 7) is 0.208. The van der Waals surface area contributed by atoms with Crippen LogP contribution in [-0.4, -0.2) is 17.4 Å². The highest BCUT2D eigenvalue weighted by Gasteiger charge is 2.26. The zero-order valence-corrected chi connectivity index (χ0v) is 8.64. The van der Waals surface area contributed by atoms with Crippen molar-refractivity contribution in [1.82, 2.24) is 4.98 Å². The summed E-state index contributed by atoms with van der Waals surface area (Å²) in [5.74, 6) is 0.142. The first-order valence-electron chi connectivity index (χ1n) is 5.23. The normalized spacial score (nSPS) is 20.5. The summed E-state index contributed by atoms with van der Waals surface area (Å²) in [6.07, 6.45) is 1.89. The Balaban J connectivity index is 2.13. The minimum Gasteiger partial charge on any atom is -0.364 e. The average Bonchev–Trinajstić information content (AvgIpc) is 2.75. The molecule has 0 aliphatic carbocycles. The van der Waals surface area contributed by atoms with Gasteiger partial charge >= 0.3 is 0 Å². The third-order valence-electron chi connectivity index (χ3n) is 2.79. The Kier molecular flexibility index (Phi) is 2.18. The molecule has 0 amide bonds. The predicted molar refractivity (Wildman–Crippen MR) is 58.9 cm³/mol. The number of ketones is 1. The van der Waals surface area contributed by atoms with Crippen molar-refractivity contribution in [2.75, 3.05) is 6.61 Å². The van der Waals surface area contributed by atoms with Crippen LogP contribution in [0.3, 0.4) is 0 Å². The molecule has 2 aromatic rings. The van der Waals surface area contributed by atoms with Crippen LogP contribution in [0.5, 0.6) is 0 Å². The second-order valence-corrected chi connectivity index (χ2v) is 3.88. The summed E-state index contributed by atoms with van der Waals surface area (Å²) in [6, 6.07) is 11.0. The van der Waals surface area contributed by atoms with E-state index in [0.29, 0.717) is 6.42 Å². The molecule has 16 heavy (non-hydrogen) atoms. The fraction of sp³-hybridized carbons (Fsp3) is 0.231. The zero-order chi connectivity index (χ0) is 11.0. The van der Waals surface area contributed by atoms with E-state index >= 15 is 0 Å². The fourth-order valence-corrected chi connectivity index (χ4v) is 2.02. The van der Waals surface area contributed by atoms with Crippen molar-refractivity contribution in [2.24, 2.45) is 0 Å². The largest absolute Gasteiger partial charge is 0.364 e. The van der Waals surface area contributed by atoms with E-state index in [1.165, 1.54) is 0 Å². The molecule has 1 atom stereocenters. The van der Waals surface area contributed by atoms with E-state index in [2.05, 4.69) is 11.1 Å². The van der Waals surface area contributed by atoms with Crippen LogP contribution in [0.15, 0.2) is 30.5 Å². The summed E-state index contributed by atoms with van der Waals surface area (Å²) >= 11 is 0. The Morgan fingerprint density at radius 3 is 3.06 bits per heavy atom. The summed E-state index contributed by atoms with van der Waals surface area (Å²) < 4.78 is 5.43. The van der Waals surface area contributed by atoms with Gasteiger partial charge in [-0.1, -0.05) is 24.3 Å². The maximum atomic E-state index is 11.2. The standard InChI is InChI=1S/C13H10NO2/c15-10-7-12(16-8-10)13-11-4-2-1-3-9(11)5-6-14-13/h1-4,6,12H,7-8H2/t12-/m1/s1. The molecule has 3 rings (SSSR count). The number of carbonyl (C=O) groups excluding carboxylic acids is 1. The third kappa shape index (κ3) is 1.49. The molecule has 0 bridgehead atoms. The fourth-order valence-electron chi connectivity index (χ4n) is 2.02. The molecule has 1 aliphatic rings. The molecule has 2 heterocycles. The minimum atomic E-state index is -0.188. The van der Waals surface area contributed by atoms with Gasteiger partial charge in [-0.3, -0.25) is 9.78 Å². The Bertz CT molecular complexity index is 545. The van der Waals surface area contributed by atoms with Gasteiger partial charge < -0.3 is 4.74 Å². The van der Waals surface area contributed by atoms with Crippen molar-refractivity contribution in [3.05, 3.63) is 42.2 Å². The van der Waals surface area contributed by atoms with Crippen LogP contribution in [0.25, 0.3) is 10.8 Å². The lowest BCUT2D eigenvalue weighted by Gasteiger charge is -2.10. The predicted octanol–water partition coefficient (Wildman–Crippen LogP) is 2.07. The molecule has 0 saturated carbocycles. The summed E-state index contributed by atoms with van der Waals surface area (Å²) in [5, 5.41) is 2.03. The maximum Gasteiger partial charge on any atom is 0.161 e. The molecule has 3 heteroatoms. The number of rotatable bonds is 1. The Labute approximate surface area is 93.1 Å². The molecule has 0 spiro atoms. The lowest BCUT2D eigenvalue weighted by atomic mass is 10.0. The molecule has 1 aromatic carbocycles. The number of carbonyl (C=O) groups is 1. The third-order valence-corrected chi connectivity index (χ3v) is 2.79. The van der Waals surface area contributed by atoms with Gasteiger partial charge in [0.25, 0.3) is 0 Å². The number of hydrogen-bond donors (Lipinski definition) is 0. The highest BCUT2D eigenvalue weighted by molar-refractivity contribution is 5.86. The molecule has 3 nitrogen and oxygen atoms in total. The van der Waals surface area contributed by atoms with E-state index in [1.54, 1.807) is 6.20 Å². The SMILES string of the molecule is O=C1CO[C@@H](c2nc[c]c3ccccc23)C1. The van der Waals surface area contributed by atoms with Crippen molar-refractivity contribution >= 4 is 16.6 Å². The van der Waals surface area contributed by atoms with Crippen molar-refractivity contribution in [3.63, 3.8) is 0 Å². The number of benzene rings is 1. The number of nitrogens with zero attached hydrogens (tertiary/aromatic N) is 1. The minimum absolute atomic E-state index is 0.142. The summed E-state index contributed by atoms with van der Waals surface area (Å²) in [5.41, 5.74) is 0.847. The molecule has 1 saturated heterocycles. The highest BCUT2D eigenvalue weighted by atomic mass is 16.5. The van der Waals surface area contributed by atoms with Gasteiger partial charge in [0, 0.05) is 24.1 Å². The maximum absolute atomic E-state index is 11.2. The van der Waals surface area contributed by atoms with Crippen molar-refractivity contribution < 1.29 is 9.53 Å². The van der Waals surface area contributed by atoms with Crippen LogP contribution >= 0.6 is 0 Å². The van der Waals surface area contributed by atoms with Gasteiger partial charge in [-0.2, -0.15) is 0 Å². The Morgan fingerprint density at radius 2 is 2.25 bits per heavy atom. The Morgan fingerprint density at radius 1 is 1.38 bits per heavy atom. The molecular weight excluding hydrogens is 202 g/mol. The molecular formula is C13H10NO2. The molecule has 0 unspecified atom stereocenters. The number of fused-ring (bicyclic) bond motifs is 1. The van der Waals surface area contributed by atoms with Crippen LogP contribution in [-0.2, 0) is 9.53 Å². The molecule has 1 radical (unpaired) electrons. The van der Waals surface area contributed by atoms with Crippen LogP contribution in [0.1, 0.15) is 18.2 Å². The lowest BCUT2D eigenvalue weighted by molar-refractivity contribution is -0.117. The van der Waals surface area contributed by atoms with Gasteiger partial charge in [-0.25, -0.2) is 0 Å². The van der Waals surface area contributed by atoms with Gasteiger partial charge in [0.2, 0.25) is 0 Å². The first-order valence-corrected chi connectivity index (χ1v) is 5.23. The van der Waals surface area contributed by atoms with Gasteiger partial charge in [0.05, 0.1) is 5.69 Å². The van der Waals surface area contributed by atoms with E-state index in [4.69, 9.17) is 4.74 Å². The van der Waals surface area contributed by atoms with Crippen LogP contribution in [0.2, 0.25) is 0 Å². The van der Waals surface area contributed by atoms with E-state index in [9.17, 15) is 4.79 Å². The average molecular weight is 212 g/mol. The number of hydrogen-bond acceptors (Lipinski definition) is 3. The molecule has 79 valence electrons. The monoisotopic (exact) mass is 212 g/mol. The number of ether oxygens (including phenoxy) is 1. The Hall–Kier alpha value is -1.74. The summed E-state index contributed by atoms with van der Waals surface area (Å²) in [7, 11) is 0. The quantitative estimate of drug-likeness (QED) is 0.726. The number of aromatic nitrogens is 1. The number of pyridine rings is 1. The van der Waals surface area contributed by atoms with Gasteiger partial charge in [0.15, 0.2) is 5.78 Å². The lowest BCUT2D eigenvalue weighted by Crippen LogP contribution is -2.00. The number of Topliss-reactive ketones (excluding diaryl/α,β-unsaturated/α-hetero) is 1. The second-order valence-electron chi connectivity index (χ2n) is 3.88. The molecule has 0 N–H and O–H groups in total. The van der Waals surface area contributed by atoms with Crippen LogP contribution < -0.4 is 0 Å². The van der Waals surface area contributed by atoms with E-state index in [-0.39, 0.29) is 18.5 Å². The second kappa shape index (κ2) is 3.68. The zero-order valence-electron chi connectivity index (χ0n) is 8.64. The highest BCUT2D eigenvalue weighted by Crippen LogP contribution is 2.30. The van der Waals surface area contributed by atoms with Gasteiger partial charge in [-0.05, 0) is 5.39 Å². The van der Waals surface area contributed by atoms with Gasteiger partial charge in [0.1, 0.15) is 12.7 Å². The molecule has 1 fully saturated rings. The first-order chi connectivity index (χ1) is 7.84. The van der Waals surface area contributed by atoms with E-state index < -0.39 is 0 Å². The smallest absolute Gasteiger partial charge is 0.161 e. The van der Waals surface area contributed by atoms with E-state index in [0.717, 1.165) is 16.5 Å². The molecule has 1 aromatic heterocycles. The van der Waals surface area contributed by atoms with Crippen molar-refractivity contribution in [2.45, 2.75) is 12.5 Å². The molecule has 1 aliphatic heterocycles. The van der Waals surface area contributed by atoms with Crippen molar-refractivity contribution in [1.29, 1.82) is 0 Å². The first kappa shape index (κ1) is 9.48. The topological polar surface area (TPSA) is 39.2 Å². The van der Waals surface area contributed by atoms with Crippen LogP contribution in [0.4, 0.5) is 0 Å². The van der Waals surface area contributed by atoms with Crippen molar-refractivity contribution in [3.8, 4) is 0 Å².